The standard InChI is InChI=1S/C24H19Br2F4N2OP/c25-19-8-6-16(31-12-23(27,28)13-31)10-21(19)34(33,18-4-2-1-3-5-18)22-11-17(7-9-20(22)26)32-14-24(29,30)15-32/h1-11H,12-15H2. The maximum absolute atomic E-state index is 15.1. The Balaban J connectivity index is 1.66. The molecule has 3 aromatic carbocycles. The molecule has 2 aliphatic rings. The second-order valence-electron chi connectivity index (χ2n) is 8.64. The fraction of sp³-hybridized carbons (Fsp3) is 0.250. The molecule has 0 spiro atoms. The fourth-order valence-corrected chi connectivity index (χ4v) is 9.09. The average molecular weight is 618 g/mol. The van der Waals surface area contributed by atoms with Crippen LogP contribution in [0, 0.1) is 0 Å². The molecule has 0 amide bonds. The van der Waals surface area contributed by atoms with E-state index in [9.17, 15) is 17.6 Å². The number of benzene rings is 3. The molecule has 178 valence electrons. The minimum absolute atomic E-state index is 0.397. The summed E-state index contributed by atoms with van der Waals surface area (Å²) in [6.45, 7) is -1.59. The van der Waals surface area contributed by atoms with Crippen LogP contribution in [0.25, 0.3) is 0 Å². The van der Waals surface area contributed by atoms with Crippen molar-refractivity contribution in [3.05, 3.63) is 75.7 Å². The number of hydrogen-bond acceptors (Lipinski definition) is 3. The number of alkyl halides is 4. The predicted octanol–water partition coefficient (Wildman–Crippen LogP) is 5.76. The van der Waals surface area contributed by atoms with Crippen molar-refractivity contribution in [2.45, 2.75) is 11.8 Å². The summed E-state index contributed by atoms with van der Waals surface area (Å²) in [5.74, 6) is -5.49. The van der Waals surface area contributed by atoms with Crippen LogP contribution in [0.4, 0.5) is 28.9 Å². The predicted molar refractivity (Wildman–Crippen MR) is 136 cm³/mol. The van der Waals surface area contributed by atoms with E-state index in [0.29, 0.717) is 36.2 Å². The third-order valence-electron chi connectivity index (χ3n) is 6.08. The van der Waals surface area contributed by atoms with Crippen LogP contribution in [0.5, 0.6) is 0 Å². The van der Waals surface area contributed by atoms with Crippen molar-refractivity contribution in [3.63, 3.8) is 0 Å². The molecule has 0 saturated carbocycles. The van der Waals surface area contributed by atoms with E-state index in [-0.39, 0.29) is 0 Å². The van der Waals surface area contributed by atoms with Crippen LogP contribution < -0.4 is 25.7 Å². The Labute approximate surface area is 211 Å². The Morgan fingerprint density at radius 1 is 0.676 bits per heavy atom. The zero-order chi connectivity index (χ0) is 24.3. The minimum Gasteiger partial charge on any atom is -0.359 e. The van der Waals surface area contributed by atoms with E-state index >= 15 is 4.57 Å². The van der Waals surface area contributed by atoms with Gasteiger partial charge in [-0.3, -0.25) is 0 Å². The molecule has 0 aliphatic carbocycles. The number of anilines is 2. The number of halogens is 6. The van der Waals surface area contributed by atoms with Gasteiger partial charge >= 0.3 is 0 Å². The number of hydrogen-bond donors (Lipinski definition) is 0. The maximum atomic E-state index is 15.1. The van der Waals surface area contributed by atoms with E-state index in [1.54, 1.807) is 70.5 Å². The lowest BCUT2D eigenvalue weighted by molar-refractivity contribution is -0.0268. The molecule has 0 N–H and O–H groups in total. The molecule has 3 nitrogen and oxygen atoms in total. The Morgan fingerprint density at radius 3 is 1.47 bits per heavy atom. The third-order valence-corrected chi connectivity index (χ3v) is 11.2. The van der Waals surface area contributed by atoms with E-state index in [0.717, 1.165) is 0 Å². The summed E-state index contributed by atoms with van der Waals surface area (Å²) in [5.41, 5.74) is 1.10. The molecule has 0 aromatic heterocycles. The Hall–Kier alpha value is -1.83. The van der Waals surface area contributed by atoms with Crippen LogP contribution in [0.15, 0.2) is 75.7 Å². The van der Waals surface area contributed by atoms with Gasteiger partial charge in [0, 0.05) is 36.2 Å². The van der Waals surface area contributed by atoms with Gasteiger partial charge < -0.3 is 14.4 Å². The first kappa shape index (κ1) is 23.9. The molecule has 3 aromatic rings. The van der Waals surface area contributed by atoms with Crippen molar-refractivity contribution in [1.29, 1.82) is 0 Å². The van der Waals surface area contributed by atoms with Crippen molar-refractivity contribution >= 4 is 66.3 Å². The van der Waals surface area contributed by atoms with Gasteiger partial charge in [-0.05, 0) is 68.3 Å². The molecular formula is C24H19Br2F4N2OP. The summed E-state index contributed by atoms with van der Waals surface area (Å²) >= 11 is 7.04. The first-order valence-corrected chi connectivity index (χ1v) is 13.8. The van der Waals surface area contributed by atoms with Crippen molar-refractivity contribution in [3.8, 4) is 0 Å². The molecule has 10 heteroatoms. The number of nitrogens with zero attached hydrogens (tertiary/aromatic N) is 2. The van der Waals surface area contributed by atoms with Gasteiger partial charge in [0.1, 0.15) is 0 Å². The molecular weight excluding hydrogens is 599 g/mol. The molecule has 0 unspecified atom stereocenters. The monoisotopic (exact) mass is 616 g/mol. The summed E-state index contributed by atoms with van der Waals surface area (Å²) in [4.78, 5) is 3.08. The van der Waals surface area contributed by atoms with Crippen LogP contribution in [0.2, 0.25) is 0 Å². The van der Waals surface area contributed by atoms with E-state index in [1.165, 1.54) is 0 Å². The highest BCUT2D eigenvalue weighted by molar-refractivity contribution is 9.11. The van der Waals surface area contributed by atoms with Gasteiger partial charge in [0.05, 0.1) is 26.2 Å². The van der Waals surface area contributed by atoms with Gasteiger partial charge in [-0.2, -0.15) is 0 Å². The highest BCUT2D eigenvalue weighted by Gasteiger charge is 2.46. The van der Waals surface area contributed by atoms with Gasteiger partial charge in [0.25, 0.3) is 11.8 Å². The summed E-state index contributed by atoms with van der Waals surface area (Å²) in [7, 11) is -3.54. The molecule has 2 aliphatic heterocycles. The van der Waals surface area contributed by atoms with Gasteiger partial charge in [0.15, 0.2) is 7.14 Å². The summed E-state index contributed by atoms with van der Waals surface area (Å²) < 4.78 is 70.3. The maximum Gasteiger partial charge on any atom is 0.282 e. The molecule has 2 saturated heterocycles. The Bertz CT molecular complexity index is 1210. The van der Waals surface area contributed by atoms with Crippen LogP contribution >= 0.6 is 39.0 Å². The highest BCUT2D eigenvalue weighted by atomic mass is 79.9. The molecule has 2 fully saturated rings. The summed E-state index contributed by atoms with van der Waals surface area (Å²) in [5, 5.41) is 1.46. The zero-order valence-electron chi connectivity index (χ0n) is 17.7. The normalized spacial score (nSPS) is 18.9. The minimum atomic E-state index is -3.54. The van der Waals surface area contributed by atoms with Crippen LogP contribution in [0.1, 0.15) is 0 Å². The first-order valence-electron chi connectivity index (χ1n) is 10.5. The fourth-order valence-electron chi connectivity index (χ4n) is 4.31. The van der Waals surface area contributed by atoms with E-state index < -0.39 is 45.2 Å². The zero-order valence-corrected chi connectivity index (χ0v) is 21.8. The highest BCUT2D eigenvalue weighted by Crippen LogP contribution is 2.48. The lowest BCUT2D eigenvalue weighted by Crippen LogP contribution is -2.56. The van der Waals surface area contributed by atoms with Crippen molar-refractivity contribution in [1.82, 2.24) is 0 Å². The van der Waals surface area contributed by atoms with Crippen molar-refractivity contribution in [2.24, 2.45) is 0 Å². The summed E-state index contributed by atoms with van der Waals surface area (Å²) in [6.07, 6.45) is 0. The van der Waals surface area contributed by atoms with E-state index in [4.69, 9.17) is 0 Å². The first-order chi connectivity index (χ1) is 16.0. The van der Waals surface area contributed by atoms with E-state index in [2.05, 4.69) is 31.9 Å². The SMILES string of the molecule is O=P(c1ccccc1)(c1cc(N2CC(F)(F)C2)ccc1Br)c1cc(N2CC(F)(F)C2)ccc1Br. The van der Waals surface area contributed by atoms with Gasteiger partial charge in [-0.25, -0.2) is 17.6 Å². The van der Waals surface area contributed by atoms with E-state index in [1.807, 2.05) is 6.07 Å². The smallest absolute Gasteiger partial charge is 0.282 e. The Morgan fingerprint density at radius 2 is 1.09 bits per heavy atom. The van der Waals surface area contributed by atoms with Gasteiger partial charge in [0.2, 0.25) is 0 Å². The molecule has 0 radical (unpaired) electrons. The molecule has 5 rings (SSSR count). The lowest BCUT2D eigenvalue weighted by atomic mass is 10.1. The van der Waals surface area contributed by atoms with Crippen molar-refractivity contribution in [2.75, 3.05) is 36.0 Å². The van der Waals surface area contributed by atoms with Gasteiger partial charge in [-0.15, -0.1) is 0 Å². The molecule has 34 heavy (non-hydrogen) atoms. The van der Waals surface area contributed by atoms with Gasteiger partial charge in [-0.1, -0.05) is 30.3 Å². The largest absolute Gasteiger partial charge is 0.359 e. The lowest BCUT2D eigenvalue weighted by Gasteiger charge is -2.41. The van der Waals surface area contributed by atoms with Crippen LogP contribution in [-0.2, 0) is 4.57 Å². The van der Waals surface area contributed by atoms with Crippen molar-refractivity contribution < 1.29 is 22.1 Å². The topological polar surface area (TPSA) is 23.6 Å². The van der Waals surface area contributed by atoms with Crippen LogP contribution in [-0.4, -0.2) is 38.0 Å². The molecule has 0 atom stereocenters. The summed E-state index contributed by atoms with van der Waals surface area (Å²) in [6, 6.07) is 19.1. The third kappa shape index (κ3) is 4.20. The number of rotatable bonds is 5. The molecule has 0 bridgehead atoms. The average Bonchev–Trinajstić information content (AvgIpc) is 2.76. The Kier molecular flexibility index (Phi) is 5.89. The quantitative estimate of drug-likeness (QED) is 0.269. The second kappa shape index (κ2) is 8.38. The van der Waals surface area contributed by atoms with Crippen LogP contribution in [0.3, 0.4) is 0 Å². The second-order valence-corrected chi connectivity index (χ2v) is 13.0. The molecule has 2 heterocycles.